The van der Waals surface area contributed by atoms with Gasteiger partial charge in [-0.05, 0) is 50.4 Å². The van der Waals surface area contributed by atoms with Gasteiger partial charge in [0.15, 0.2) is 5.78 Å². The van der Waals surface area contributed by atoms with Crippen molar-refractivity contribution in [2.75, 3.05) is 57.4 Å². The molecule has 3 fully saturated rings. The van der Waals surface area contributed by atoms with E-state index in [1.807, 2.05) is 4.90 Å². The van der Waals surface area contributed by atoms with Gasteiger partial charge in [0.2, 0.25) is 0 Å². The first-order valence-electron chi connectivity index (χ1n) is 11.9. The van der Waals surface area contributed by atoms with Crippen LogP contribution in [0.2, 0.25) is 0 Å². The van der Waals surface area contributed by atoms with Crippen LogP contribution in [0.3, 0.4) is 0 Å². The van der Waals surface area contributed by atoms with Crippen molar-refractivity contribution in [1.29, 1.82) is 0 Å². The van der Waals surface area contributed by atoms with Gasteiger partial charge in [0.1, 0.15) is 0 Å². The summed E-state index contributed by atoms with van der Waals surface area (Å²) in [5.74, 6) is -0.0775. The highest BCUT2D eigenvalue weighted by molar-refractivity contribution is 5.94. The zero-order chi connectivity index (χ0) is 23.0. The van der Waals surface area contributed by atoms with E-state index in [4.69, 9.17) is 4.74 Å². The number of aryl methyl sites for hydroxylation is 1. The highest BCUT2D eigenvalue weighted by Crippen LogP contribution is 2.40. The average molecular weight is 452 g/mol. The van der Waals surface area contributed by atoms with Crippen molar-refractivity contribution in [2.45, 2.75) is 33.2 Å². The number of rotatable bonds is 4. The second kappa shape index (κ2) is 8.91. The van der Waals surface area contributed by atoms with Crippen molar-refractivity contribution in [3.8, 4) is 0 Å². The van der Waals surface area contributed by atoms with Crippen molar-refractivity contribution in [3.63, 3.8) is 0 Å². The van der Waals surface area contributed by atoms with Crippen LogP contribution in [0.1, 0.15) is 41.3 Å². The maximum atomic E-state index is 12.9. The smallest absolute Gasteiger partial charge is 0.344 e. The third-order valence-corrected chi connectivity index (χ3v) is 7.44. The molecule has 0 bridgehead atoms. The molecule has 8 nitrogen and oxygen atoms in total. The predicted octanol–water partition coefficient (Wildman–Crippen LogP) is 2.80. The average Bonchev–Trinajstić information content (AvgIpc) is 3.56. The Bertz CT molecular complexity index is 1040. The van der Waals surface area contributed by atoms with Gasteiger partial charge in [-0.15, -0.1) is 0 Å². The fraction of sp³-hybridized carbons (Fsp3) is 0.560. The van der Waals surface area contributed by atoms with Crippen molar-refractivity contribution >= 4 is 17.5 Å². The molecule has 0 saturated carbocycles. The standard InChI is InChI=1S/C25H33N5O3/c1-19-3-4-21(13-23(19)28-9-11-33-12-10-28)15-27-7-5-25(17-27)6-8-29(18-25)24(32)30-16-22(14-26-30)20(2)31/h3-4,13-14,16H,5-12,15,17-18H2,1-2H3. The number of morpholine rings is 1. The summed E-state index contributed by atoms with van der Waals surface area (Å²) in [5, 5.41) is 4.10. The van der Waals surface area contributed by atoms with E-state index in [9.17, 15) is 9.59 Å². The summed E-state index contributed by atoms with van der Waals surface area (Å²) < 4.78 is 6.83. The first-order chi connectivity index (χ1) is 15.9. The quantitative estimate of drug-likeness (QED) is 0.666. The molecule has 1 atom stereocenters. The Morgan fingerprint density at radius 3 is 2.64 bits per heavy atom. The molecule has 0 N–H and O–H groups in total. The minimum atomic E-state index is -0.133. The van der Waals surface area contributed by atoms with E-state index < -0.39 is 0 Å². The number of carbonyl (C=O) groups is 2. The Balaban J connectivity index is 1.21. The van der Waals surface area contributed by atoms with Gasteiger partial charge >= 0.3 is 6.03 Å². The second-order valence-corrected chi connectivity index (χ2v) is 9.86. The minimum absolute atomic E-state index is 0.0775. The number of anilines is 1. The molecule has 1 aromatic carbocycles. The number of carbonyl (C=O) groups excluding carboxylic acids is 2. The molecule has 8 heteroatoms. The molecule has 0 radical (unpaired) electrons. The van der Waals surface area contributed by atoms with Gasteiger partial charge in [-0.2, -0.15) is 9.78 Å². The molecule has 0 aliphatic carbocycles. The molecule has 5 rings (SSSR count). The fourth-order valence-corrected chi connectivity index (χ4v) is 5.50. The molecule has 1 aromatic heterocycles. The zero-order valence-electron chi connectivity index (χ0n) is 19.6. The normalized spacial score (nSPS) is 23.6. The first-order valence-corrected chi connectivity index (χ1v) is 11.9. The van der Waals surface area contributed by atoms with Crippen LogP contribution < -0.4 is 4.90 Å². The topological polar surface area (TPSA) is 70.9 Å². The number of amides is 1. The van der Waals surface area contributed by atoms with Gasteiger partial charge in [0.05, 0.1) is 25.0 Å². The lowest BCUT2D eigenvalue weighted by molar-refractivity contribution is 0.101. The Morgan fingerprint density at radius 2 is 1.88 bits per heavy atom. The Morgan fingerprint density at radius 1 is 1.09 bits per heavy atom. The number of nitrogens with zero attached hydrogens (tertiary/aromatic N) is 5. The summed E-state index contributed by atoms with van der Waals surface area (Å²) >= 11 is 0. The summed E-state index contributed by atoms with van der Waals surface area (Å²) in [6.07, 6.45) is 5.13. The number of hydrogen-bond acceptors (Lipinski definition) is 6. The highest BCUT2D eigenvalue weighted by atomic mass is 16.5. The van der Waals surface area contributed by atoms with E-state index in [-0.39, 0.29) is 17.2 Å². The third kappa shape index (κ3) is 4.54. The predicted molar refractivity (Wildman–Crippen MR) is 126 cm³/mol. The first kappa shape index (κ1) is 22.1. The van der Waals surface area contributed by atoms with Gasteiger partial charge in [0, 0.05) is 56.6 Å². The Kier molecular flexibility index (Phi) is 5.97. The van der Waals surface area contributed by atoms with Crippen molar-refractivity contribution in [1.82, 2.24) is 19.6 Å². The molecular weight excluding hydrogens is 418 g/mol. The Labute approximate surface area is 195 Å². The molecule has 2 aromatic rings. The highest BCUT2D eigenvalue weighted by Gasteiger charge is 2.45. The van der Waals surface area contributed by atoms with Crippen LogP contribution in [0.15, 0.2) is 30.6 Å². The molecule has 3 aliphatic heterocycles. The van der Waals surface area contributed by atoms with Crippen LogP contribution in [-0.2, 0) is 11.3 Å². The van der Waals surface area contributed by atoms with Crippen LogP contribution in [-0.4, -0.2) is 83.9 Å². The van der Waals surface area contributed by atoms with E-state index in [2.05, 4.69) is 40.0 Å². The molecule has 1 amide bonds. The number of likely N-dealkylation sites (tertiary alicyclic amines) is 2. The van der Waals surface area contributed by atoms with Crippen molar-refractivity contribution < 1.29 is 14.3 Å². The van der Waals surface area contributed by atoms with E-state index in [0.29, 0.717) is 5.56 Å². The van der Waals surface area contributed by atoms with Crippen LogP contribution in [0.4, 0.5) is 10.5 Å². The van der Waals surface area contributed by atoms with E-state index in [1.165, 1.54) is 34.6 Å². The summed E-state index contributed by atoms with van der Waals surface area (Å²) in [7, 11) is 0. The number of aromatic nitrogens is 2. The van der Waals surface area contributed by atoms with Crippen LogP contribution >= 0.6 is 0 Å². The van der Waals surface area contributed by atoms with Crippen LogP contribution in [0.25, 0.3) is 0 Å². The van der Waals surface area contributed by atoms with Crippen LogP contribution in [0, 0.1) is 12.3 Å². The largest absolute Gasteiger partial charge is 0.378 e. The molecule has 3 saturated heterocycles. The van der Waals surface area contributed by atoms with Crippen molar-refractivity contribution in [2.24, 2.45) is 5.41 Å². The number of hydrogen-bond donors (Lipinski definition) is 0. The van der Waals surface area contributed by atoms with Crippen LogP contribution in [0.5, 0.6) is 0 Å². The fourth-order valence-electron chi connectivity index (χ4n) is 5.50. The van der Waals surface area contributed by atoms with Gasteiger partial charge in [-0.1, -0.05) is 12.1 Å². The third-order valence-electron chi connectivity index (χ3n) is 7.44. The lowest BCUT2D eigenvalue weighted by Crippen LogP contribution is -2.37. The summed E-state index contributed by atoms with van der Waals surface area (Å²) in [6.45, 7) is 11.7. The molecule has 3 aliphatic rings. The molecule has 1 spiro atoms. The van der Waals surface area contributed by atoms with Gasteiger partial charge < -0.3 is 14.5 Å². The minimum Gasteiger partial charge on any atom is -0.378 e. The number of Topliss-reactive ketones (excluding diaryl/α,β-unsaturated/α-hetero) is 1. The summed E-state index contributed by atoms with van der Waals surface area (Å²) in [6, 6.07) is 6.70. The SMILES string of the molecule is CC(=O)c1cnn(C(=O)N2CCC3(CCN(Cc4ccc(C)c(N5CCOCC5)c4)C3)C2)c1. The molecule has 33 heavy (non-hydrogen) atoms. The molecule has 4 heterocycles. The summed E-state index contributed by atoms with van der Waals surface area (Å²) in [5.41, 5.74) is 4.61. The molecular formula is C25H33N5O3. The van der Waals surface area contributed by atoms with Gasteiger partial charge in [-0.25, -0.2) is 4.79 Å². The van der Waals surface area contributed by atoms with E-state index >= 15 is 0 Å². The van der Waals surface area contributed by atoms with Crippen molar-refractivity contribution in [3.05, 3.63) is 47.3 Å². The van der Waals surface area contributed by atoms with Gasteiger partial charge in [-0.3, -0.25) is 9.69 Å². The Hall–Kier alpha value is -2.71. The maximum Gasteiger partial charge on any atom is 0.344 e. The number of benzene rings is 1. The maximum absolute atomic E-state index is 12.9. The number of ether oxygens (including phenoxy) is 1. The summed E-state index contributed by atoms with van der Waals surface area (Å²) in [4.78, 5) is 31.3. The van der Waals surface area contributed by atoms with E-state index in [0.717, 1.165) is 71.9 Å². The zero-order valence-corrected chi connectivity index (χ0v) is 19.6. The number of ketones is 1. The molecule has 176 valence electrons. The lowest BCUT2D eigenvalue weighted by Gasteiger charge is -2.31. The monoisotopic (exact) mass is 451 g/mol. The van der Waals surface area contributed by atoms with Gasteiger partial charge in [0.25, 0.3) is 0 Å². The van der Waals surface area contributed by atoms with E-state index in [1.54, 1.807) is 6.20 Å². The molecule has 1 unspecified atom stereocenters. The lowest BCUT2D eigenvalue weighted by atomic mass is 9.86. The second-order valence-electron chi connectivity index (χ2n) is 9.86.